The summed E-state index contributed by atoms with van der Waals surface area (Å²) in [6.45, 7) is 7.65. The van der Waals surface area contributed by atoms with Crippen molar-refractivity contribution in [3.63, 3.8) is 0 Å². The number of aromatic nitrogens is 3. The zero-order valence-corrected chi connectivity index (χ0v) is 24.4. The van der Waals surface area contributed by atoms with Crippen molar-refractivity contribution in [2.75, 3.05) is 39.5 Å². The summed E-state index contributed by atoms with van der Waals surface area (Å²) in [5.74, 6) is -0.692. The maximum absolute atomic E-state index is 14.8. The Kier molecular flexibility index (Phi) is 10.3. The number of urea groups is 1. The van der Waals surface area contributed by atoms with Crippen molar-refractivity contribution in [1.29, 1.82) is 0 Å². The van der Waals surface area contributed by atoms with Crippen LogP contribution in [-0.4, -0.2) is 75.6 Å². The van der Waals surface area contributed by atoms with E-state index >= 15 is 0 Å². The number of ether oxygens (including phenoxy) is 1. The van der Waals surface area contributed by atoms with Crippen molar-refractivity contribution < 1.29 is 22.7 Å². The average Bonchev–Trinajstić information content (AvgIpc) is 3.36. The molecule has 1 fully saturated rings. The number of carbonyl (C=O) groups excluding carboxylic acids is 1. The van der Waals surface area contributed by atoms with Crippen LogP contribution >= 0.6 is 11.9 Å². The topological polar surface area (TPSA) is 89.5 Å². The Morgan fingerprint density at radius 2 is 1.85 bits per heavy atom. The highest BCUT2D eigenvalue weighted by Crippen LogP contribution is 2.45. The van der Waals surface area contributed by atoms with Gasteiger partial charge in [0.2, 0.25) is 0 Å². The molecule has 1 aromatic heterocycles. The Bertz CT molecular complexity index is 1300. The van der Waals surface area contributed by atoms with Crippen LogP contribution in [0.3, 0.4) is 0 Å². The van der Waals surface area contributed by atoms with Gasteiger partial charge in [-0.15, -0.1) is 0 Å². The minimum Gasteiger partial charge on any atom is -0.378 e. The van der Waals surface area contributed by atoms with E-state index in [9.17, 15) is 18.0 Å². The summed E-state index contributed by atoms with van der Waals surface area (Å²) < 4.78 is 50.9. The molecule has 1 unspecified atom stereocenters. The second kappa shape index (κ2) is 13.7. The molecular formula is C29H37F3N6O2S. The van der Waals surface area contributed by atoms with Gasteiger partial charge in [0.15, 0.2) is 5.82 Å². The van der Waals surface area contributed by atoms with E-state index < -0.39 is 35.0 Å². The minimum absolute atomic E-state index is 0.0493. The zero-order valence-electron chi connectivity index (χ0n) is 23.6. The highest BCUT2D eigenvalue weighted by atomic mass is 32.2. The average molecular weight is 591 g/mol. The molecule has 0 saturated carbocycles. The van der Waals surface area contributed by atoms with Gasteiger partial charge < -0.3 is 15.4 Å². The van der Waals surface area contributed by atoms with Gasteiger partial charge in [0.25, 0.3) is 0 Å². The summed E-state index contributed by atoms with van der Waals surface area (Å²) in [5.41, 5.74) is 6.31. The Hall–Kier alpha value is -3.09. The standard InChI is InChI=1S/C29H37F3N6O2S/c1-29(2,3)25(41-38(12-11-22(33)18-30)28(39)36-13-15-40-16-14-36)27-34-26(23-17-21(31)9-10-24(23)32)35-37(27)19-20-7-5-4-6-8-20/h4-10,17,22,25H,11-16,18-19,33H2,1-3H3/t22?,25-/m0/s1. The molecule has 0 spiro atoms. The first-order valence-electron chi connectivity index (χ1n) is 13.6. The number of morpholine rings is 1. The van der Waals surface area contributed by atoms with E-state index in [0.29, 0.717) is 38.7 Å². The molecule has 12 heteroatoms. The van der Waals surface area contributed by atoms with Gasteiger partial charge >= 0.3 is 6.03 Å². The van der Waals surface area contributed by atoms with Gasteiger partial charge in [-0.25, -0.2) is 27.6 Å². The molecule has 3 aromatic rings. The molecule has 4 rings (SSSR count). The molecule has 41 heavy (non-hydrogen) atoms. The van der Waals surface area contributed by atoms with Gasteiger partial charge in [0, 0.05) is 25.7 Å². The highest BCUT2D eigenvalue weighted by Gasteiger charge is 2.37. The lowest BCUT2D eigenvalue weighted by atomic mass is 9.91. The summed E-state index contributed by atoms with van der Waals surface area (Å²) >= 11 is 1.28. The first-order valence-corrected chi connectivity index (χ1v) is 14.5. The van der Waals surface area contributed by atoms with E-state index in [1.54, 1.807) is 13.9 Å². The molecule has 0 radical (unpaired) electrons. The number of nitrogens with zero attached hydrogens (tertiary/aromatic N) is 5. The Labute approximate surface area is 243 Å². The van der Waals surface area contributed by atoms with Crippen LogP contribution in [0.4, 0.5) is 18.0 Å². The van der Waals surface area contributed by atoms with Gasteiger partial charge in [-0.05, 0) is 47.5 Å². The number of hydrogen-bond donors (Lipinski definition) is 1. The number of rotatable bonds is 10. The normalized spacial score (nSPS) is 15.5. The van der Waals surface area contributed by atoms with Gasteiger partial charge in [0.1, 0.15) is 24.1 Å². The maximum Gasteiger partial charge on any atom is 0.330 e. The van der Waals surface area contributed by atoms with Crippen LogP contribution in [0.15, 0.2) is 48.5 Å². The monoisotopic (exact) mass is 590 g/mol. The Morgan fingerprint density at radius 3 is 2.51 bits per heavy atom. The van der Waals surface area contributed by atoms with Gasteiger partial charge in [0.05, 0.1) is 30.6 Å². The first kappa shape index (κ1) is 30.9. The van der Waals surface area contributed by atoms with Crippen molar-refractivity contribution in [2.24, 2.45) is 11.1 Å². The van der Waals surface area contributed by atoms with Gasteiger partial charge in [-0.2, -0.15) is 5.10 Å². The number of benzene rings is 2. The summed E-state index contributed by atoms with van der Waals surface area (Å²) in [7, 11) is 0. The van der Waals surface area contributed by atoms with E-state index in [1.807, 2.05) is 51.1 Å². The fourth-order valence-electron chi connectivity index (χ4n) is 4.39. The van der Waals surface area contributed by atoms with Crippen molar-refractivity contribution in [2.45, 2.75) is 45.0 Å². The molecule has 2 atom stereocenters. The Balaban J connectivity index is 1.76. The molecule has 2 aromatic carbocycles. The molecule has 2 amide bonds. The predicted molar refractivity (Wildman–Crippen MR) is 154 cm³/mol. The van der Waals surface area contributed by atoms with Crippen molar-refractivity contribution in [1.82, 2.24) is 24.0 Å². The van der Waals surface area contributed by atoms with Crippen LogP contribution in [0.2, 0.25) is 0 Å². The number of hydrogen-bond acceptors (Lipinski definition) is 6. The SMILES string of the molecule is CC(C)(C)[C@@H](SN(CCC(N)CF)C(=O)N1CCOCC1)c1nc(-c2cc(F)ccc2F)nn1Cc1ccccc1. The number of nitrogens with two attached hydrogens (primary N) is 1. The molecule has 8 nitrogen and oxygen atoms in total. The van der Waals surface area contributed by atoms with E-state index in [-0.39, 0.29) is 30.4 Å². The van der Waals surface area contributed by atoms with Gasteiger partial charge in [-0.3, -0.25) is 4.31 Å². The quantitative estimate of drug-likeness (QED) is 0.316. The summed E-state index contributed by atoms with van der Waals surface area (Å²) in [6.07, 6.45) is 0.271. The van der Waals surface area contributed by atoms with E-state index in [1.165, 1.54) is 11.9 Å². The molecule has 1 aliphatic heterocycles. The maximum atomic E-state index is 14.8. The zero-order chi connectivity index (χ0) is 29.6. The molecule has 0 bridgehead atoms. The summed E-state index contributed by atoms with van der Waals surface area (Å²) in [4.78, 5) is 20.1. The number of alkyl halides is 1. The van der Waals surface area contributed by atoms with E-state index in [0.717, 1.165) is 23.8 Å². The second-order valence-electron chi connectivity index (χ2n) is 11.1. The number of carbonyl (C=O) groups is 1. The second-order valence-corrected chi connectivity index (χ2v) is 12.2. The van der Waals surface area contributed by atoms with Crippen LogP contribution in [0.5, 0.6) is 0 Å². The van der Waals surface area contributed by atoms with Crippen molar-refractivity contribution in [3.05, 3.63) is 71.6 Å². The third-order valence-corrected chi connectivity index (χ3v) is 8.42. The smallest absolute Gasteiger partial charge is 0.330 e. The molecular weight excluding hydrogens is 553 g/mol. The summed E-state index contributed by atoms with van der Waals surface area (Å²) in [5, 5.41) is 4.18. The number of halogens is 3. The van der Waals surface area contributed by atoms with E-state index in [2.05, 4.69) is 5.10 Å². The van der Waals surface area contributed by atoms with E-state index in [4.69, 9.17) is 15.5 Å². The van der Waals surface area contributed by atoms with Crippen LogP contribution in [0, 0.1) is 17.0 Å². The number of amides is 2. The summed E-state index contributed by atoms with van der Waals surface area (Å²) in [6, 6.07) is 11.9. The third-order valence-electron chi connectivity index (χ3n) is 6.69. The van der Waals surface area contributed by atoms with Gasteiger partial charge in [-0.1, -0.05) is 51.1 Å². The molecule has 1 saturated heterocycles. The largest absolute Gasteiger partial charge is 0.378 e. The molecule has 1 aliphatic rings. The third kappa shape index (κ3) is 8.02. The predicted octanol–water partition coefficient (Wildman–Crippen LogP) is 5.45. The molecule has 2 N–H and O–H groups in total. The van der Waals surface area contributed by atoms with Crippen molar-refractivity contribution in [3.8, 4) is 11.4 Å². The van der Waals surface area contributed by atoms with Crippen molar-refractivity contribution >= 4 is 18.0 Å². The molecule has 0 aliphatic carbocycles. The minimum atomic E-state index is -0.701. The lowest BCUT2D eigenvalue weighted by Crippen LogP contribution is -2.47. The first-order chi connectivity index (χ1) is 19.6. The lowest BCUT2D eigenvalue weighted by molar-refractivity contribution is 0.0490. The molecule has 2 heterocycles. The fourth-order valence-corrected chi connectivity index (χ4v) is 5.65. The molecule has 222 valence electrons. The van der Waals surface area contributed by atoms with Crippen LogP contribution in [0.1, 0.15) is 43.8 Å². The fraction of sp³-hybridized carbons (Fsp3) is 0.483. The lowest BCUT2D eigenvalue weighted by Gasteiger charge is -2.37. The van der Waals surface area contributed by atoms with Crippen LogP contribution in [0.25, 0.3) is 11.4 Å². The van der Waals surface area contributed by atoms with Crippen LogP contribution < -0.4 is 5.73 Å². The van der Waals surface area contributed by atoms with Crippen LogP contribution in [-0.2, 0) is 11.3 Å². The Morgan fingerprint density at radius 1 is 1.15 bits per heavy atom. The highest BCUT2D eigenvalue weighted by molar-refractivity contribution is 7.97.